The van der Waals surface area contributed by atoms with Gasteiger partial charge in [-0.25, -0.2) is 9.78 Å². The number of aromatic nitrogens is 1. The number of likely N-dealkylation sites (tertiary alicyclic amines) is 1. The maximum absolute atomic E-state index is 12.1. The van der Waals surface area contributed by atoms with Gasteiger partial charge in [0.25, 0.3) is 0 Å². The van der Waals surface area contributed by atoms with Crippen molar-refractivity contribution in [2.24, 2.45) is 0 Å². The van der Waals surface area contributed by atoms with Gasteiger partial charge in [0.2, 0.25) is 0 Å². The number of hydrogen-bond donors (Lipinski definition) is 1. The first-order valence-corrected chi connectivity index (χ1v) is 10.7. The summed E-state index contributed by atoms with van der Waals surface area (Å²) in [6, 6.07) is 13.4. The zero-order chi connectivity index (χ0) is 20.0. The molecule has 0 spiro atoms. The monoisotopic (exact) mass is 406 g/mol. The number of hydrogen-bond acceptors (Lipinski definition) is 6. The van der Waals surface area contributed by atoms with Crippen molar-refractivity contribution in [3.05, 3.63) is 69.0 Å². The van der Waals surface area contributed by atoms with Gasteiger partial charge in [0, 0.05) is 36.0 Å². The molecule has 148 valence electrons. The van der Waals surface area contributed by atoms with Crippen LogP contribution in [-0.4, -0.2) is 28.1 Å². The van der Waals surface area contributed by atoms with Crippen molar-refractivity contribution in [3.63, 3.8) is 0 Å². The van der Waals surface area contributed by atoms with E-state index in [1.54, 1.807) is 30.4 Å². The zero-order valence-corrected chi connectivity index (χ0v) is 17.0. The van der Waals surface area contributed by atoms with Crippen LogP contribution < -0.4 is 5.63 Å². The molecule has 4 aromatic rings. The van der Waals surface area contributed by atoms with E-state index in [0.717, 1.165) is 42.4 Å². The van der Waals surface area contributed by atoms with Crippen molar-refractivity contribution in [3.8, 4) is 5.75 Å². The van der Waals surface area contributed by atoms with E-state index in [0.29, 0.717) is 23.6 Å². The molecular weight excluding hydrogens is 384 g/mol. The highest BCUT2D eigenvalue weighted by Gasteiger charge is 2.25. The van der Waals surface area contributed by atoms with Crippen LogP contribution in [0.2, 0.25) is 0 Å². The average Bonchev–Trinajstić information content (AvgIpc) is 3.16. The molecule has 1 N–H and O–H groups in total. The Bertz CT molecular complexity index is 1230. The molecule has 1 aliphatic rings. The van der Waals surface area contributed by atoms with Crippen molar-refractivity contribution in [2.75, 3.05) is 13.1 Å². The second-order valence-corrected chi connectivity index (χ2v) is 8.83. The minimum atomic E-state index is -0.374. The van der Waals surface area contributed by atoms with Gasteiger partial charge in [-0.05, 0) is 56.1 Å². The predicted molar refractivity (Wildman–Crippen MR) is 116 cm³/mol. The summed E-state index contributed by atoms with van der Waals surface area (Å²) in [4.78, 5) is 19.4. The molecule has 0 saturated carbocycles. The number of phenolic OH excluding ortho intramolecular Hbond substituents is 1. The van der Waals surface area contributed by atoms with Gasteiger partial charge in [0.1, 0.15) is 11.3 Å². The molecule has 1 aliphatic heterocycles. The summed E-state index contributed by atoms with van der Waals surface area (Å²) in [5.74, 6) is 0.560. The van der Waals surface area contributed by atoms with Crippen LogP contribution in [0.5, 0.6) is 5.75 Å². The molecule has 0 unspecified atom stereocenters. The third-order valence-corrected chi connectivity index (χ3v) is 6.98. The first-order chi connectivity index (χ1) is 14.1. The summed E-state index contributed by atoms with van der Waals surface area (Å²) in [5.41, 5.74) is 2.73. The van der Waals surface area contributed by atoms with Crippen LogP contribution in [-0.2, 0) is 6.54 Å². The smallest absolute Gasteiger partial charge is 0.336 e. The Labute approximate surface area is 172 Å². The van der Waals surface area contributed by atoms with Crippen LogP contribution in [0, 0.1) is 6.92 Å². The summed E-state index contributed by atoms with van der Waals surface area (Å²) in [6.07, 6.45) is 2.25. The molecule has 1 saturated heterocycles. The van der Waals surface area contributed by atoms with Gasteiger partial charge in [-0.1, -0.05) is 12.1 Å². The molecule has 0 radical (unpaired) electrons. The summed E-state index contributed by atoms with van der Waals surface area (Å²) < 4.78 is 6.62. The van der Waals surface area contributed by atoms with Gasteiger partial charge in [-0.3, -0.25) is 4.90 Å². The van der Waals surface area contributed by atoms with Gasteiger partial charge in [0.15, 0.2) is 0 Å². The maximum Gasteiger partial charge on any atom is 0.336 e. The van der Waals surface area contributed by atoms with E-state index in [1.165, 1.54) is 9.71 Å². The molecule has 1 atom stereocenters. The van der Waals surface area contributed by atoms with E-state index in [2.05, 4.69) is 23.1 Å². The van der Waals surface area contributed by atoms with E-state index in [9.17, 15) is 9.90 Å². The standard InChI is InChI=1S/C23H22N2O3S/c1-14-19(26)9-8-17-16(11-21(27)28-22(14)17)13-25-10-4-5-15(12-25)23-24-18-6-2-3-7-20(18)29-23/h2-3,6-9,11,15,26H,4-5,10,12-13H2,1H3/t15-/m1/s1. The molecule has 6 heteroatoms. The molecule has 2 aromatic carbocycles. The SMILES string of the molecule is Cc1c(O)ccc2c(CN3CCC[C@@H](c4nc5ccccc5s4)C3)cc(=O)oc12. The van der Waals surface area contributed by atoms with E-state index in [4.69, 9.17) is 9.40 Å². The van der Waals surface area contributed by atoms with Crippen molar-refractivity contribution in [2.45, 2.75) is 32.2 Å². The Morgan fingerprint density at radius 2 is 2.14 bits per heavy atom. The number of aromatic hydroxyl groups is 1. The van der Waals surface area contributed by atoms with E-state index in [-0.39, 0.29) is 11.4 Å². The molecule has 29 heavy (non-hydrogen) atoms. The van der Waals surface area contributed by atoms with Crippen molar-refractivity contribution in [1.29, 1.82) is 0 Å². The van der Waals surface area contributed by atoms with Crippen LogP contribution >= 0.6 is 11.3 Å². The predicted octanol–water partition coefficient (Wildman–Crippen LogP) is 4.80. The second-order valence-electron chi connectivity index (χ2n) is 7.77. The fraction of sp³-hybridized carbons (Fsp3) is 0.304. The summed E-state index contributed by atoms with van der Waals surface area (Å²) in [5, 5.41) is 12.1. The third kappa shape index (κ3) is 3.43. The molecular formula is C23H22N2O3S. The summed E-state index contributed by atoms with van der Waals surface area (Å²) in [7, 11) is 0. The van der Waals surface area contributed by atoms with Crippen LogP contribution in [0.15, 0.2) is 51.7 Å². The van der Waals surface area contributed by atoms with Gasteiger partial charge in [0.05, 0.1) is 15.2 Å². The van der Waals surface area contributed by atoms with Gasteiger partial charge in [-0.15, -0.1) is 11.3 Å². The summed E-state index contributed by atoms with van der Waals surface area (Å²) in [6.45, 7) is 4.39. The van der Waals surface area contributed by atoms with Crippen LogP contribution in [0.25, 0.3) is 21.2 Å². The second kappa shape index (κ2) is 7.28. The Morgan fingerprint density at radius 1 is 1.28 bits per heavy atom. The number of piperidine rings is 1. The highest BCUT2D eigenvalue weighted by atomic mass is 32.1. The van der Waals surface area contributed by atoms with Crippen molar-refractivity contribution < 1.29 is 9.52 Å². The number of nitrogens with zero attached hydrogens (tertiary/aromatic N) is 2. The largest absolute Gasteiger partial charge is 0.508 e. The molecule has 1 fully saturated rings. The fourth-order valence-corrected chi connectivity index (χ4v) is 5.35. The average molecular weight is 407 g/mol. The zero-order valence-electron chi connectivity index (χ0n) is 16.2. The van der Waals surface area contributed by atoms with Gasteiger partial charge < -0.3 is 9.52 Å². The van der Waals surface area contributed by atoms with E-state index < -0.39 is 0 Å². The lowest BCUT2D eigenvalue weighted by atomic mass is 9.97. The summed E-state index contributed by atoms with van der Waals surface area (Å²) >= 11 is 1.79. The van der Waals surface area contributed by atoms with Crippen molar-refractivity contribution >= 4 is 32.5 Å². The fourth-order valence-electron chi connectivity index (χ4n) is 4.25. The quantitative estimate of drug-likeness (QED) is 0.495. The number of fused-ring (bicyclic) bond motifs is 2. The van der Waals surface area contributed by atoms with Crippen LogP contribution in [0.1, 0.15) is 34.9 Å². The number of para-hydroxylation sites is 1. The normalized spacial score (nSPS) is 17.9. The van der Waals surface area contributed by atoms with Gasteiger partial charge in [-0.2, -0.15) is 0 Å². The molecule has 2 aromatic heterocycles. The lowest BCUT2D eigenvalue weighted by Gasteiger charge is -2.32. The lowest BCUT2D eigenvalue weighted by molar-refractivity contribution is 0.200. The van der Waals surface area contributed by atoms with Gasteiger partial charge >= 0.3 is 5.63 Å². The highest BCUT2D eigenvalue weighted by molar-refractivity contribution is 7.18. The Balaban J connectivity index is 1.43. The number of phenols is 1. The van der Waals surface area contributed by atoms with Crippen LogP contribution in [0.3, 0.4) is 0 Å². The van der Waals surface area contributed by atoms with Crippen molar-refractivity contribution in [1.82, 2.24) is 9.88 Å². The Kier molecular flexibility index (Phi) is 4.60. The molecule has 0 bridgehead atoms. The van der Waals surface area contributed by atoms with Crippen LogP contribution in [0.4, 0.5) is 0 Å². The molecule has 5 nitrogen and oxygen atoms in total. The van der Waals surface area contributed by atoms with E-state index in [1.807, 2.05) is 12.1 Å². The topological polar surface area (TPSA) is 66.6 Å². The Morgan fingerprint density at radius 3 is 3.00 bits per heavy atom. The number of thiazole rings is 1. The number of aryl methyl sites for hydroxylation is 1. The minimum Gasteiger partial charge on any atom is -0.508 e. The number of rotatable bonds is 3. The minimum absolute atomic E-state index is 0.145. The highest BCUT2D eigenvalue weighted by Crippen LogP contribution is 2.34. The maximum atomic E-state index is 12.1. The third-order valence-electron chi connectivity index (χ3n) is 5.78. The Hall–Kier alpha value is -2.70. The number of benzene rings is 2. The molecule has 0 aliphatic carbocycles. The van der Waals surface area contributed by atoms with E-state index >= 15 is 0 Å². The first-order valence-electron chi connectivity index (χ1n) is 9.91. The first kappa shape index (κ1) is 18.3. The molecule has 5 rings (SSSR count). The molecule has 3 heterocycles. The molecule has 0 amide bonds. The lowest BCUT2D eigenvalue weighted by Crippen LogP contribution is -2.34.